The minimum absolute atomic E-state index is 0.0972. The molecule has 0 bridgehead atoms. The topological polar surface area (TPSA) is 52.6 Å². The van der Waals surface area contributed by atoms with Gasteiger partial charge in [0.1, 0.15) is 0 Å². The first-order valence-electron chi connectivity index (χ1n) is 5.52. The van der Waals surface area contributed by atoms with Gasteiger partial charge in [-0.15, -0.1) is 0 Å². The number of nitrogens with zero attached hydrogens (tertiary/aromatic N) is 1. The number of aliphatic carboxylic acids is 1. The van der Waals surface area contributed by atoms with E-state index in [4.69, 9.17) is 5.11 Å². The third-order valence-electron chi connectivity index (χ3n) is 2.75. The van der Waals surface area contributed by atoms with Crippen molar-refractivity contribution in [2.24, 2.45) is 0 Å². The maximum Gasteiger partial charge on any atom is 0.307 e. The van der Waals surface area contributed by atoms with Gasteiger partial charge >= 0.3 is 5.97 Å². The van der Waals surface area contributed by atoms with Gasteiger partial charge in [0, 0.05) is 31.9 Å². The molecule has 0 aliphatic carbocycles. The van der Waals surface area contributed by atoms with Crippen molar-refractivity contribution in [1.29, 1.82) is 0 Å². The van der Waals surface area contributed by atoms with Gasteiger partial charge < -0.3 is 15.3 Å². The lowest BCUT2D eigenvalue weighted by Gasteiger charge is -2.29. The fraction of sp³-hybridized carbons (Fsp3) is 0.417. The molecule has 1 saturated heterocycles. The second kappa shape index (κ2) is 4.99. The Morgan fingerprint density at radius 2 is 2.12 bits per heavy atom. The van der Waals surface area contributed by atoms with Crippen LogP contribution >= 0.6 is 0 Å². The van der Waals surface area contributed by atoms with Crippen molar-refractivity contribution in [1.82, 2.24) is 5.32 Å². The molecule has 0 amide bonds. The second-order valence-electron chi connectivity index (χ2n) is 3.98. The molecule has 0 unspecified atom stereocenters. The predicted octanol–water partition coefficient (Wildman–Crippen LogP) is 0.723. The molecule has 4 heteroatoms. The predicted molar refractivity (Wildman–Crippen MR) is 62.9 cm³/mol. The van der Waals surface area contributed by atoms with Gasteiger partial charge in [-0.05, 0) is 17.7 Å². The summed E-state index contributed by atoms with van der Waals surface area (Å²) in [4.78, 5) is 12.9. The average molecular weight is 220 g/mol. The summed E-state index contributed by atoms with van der Waals surface area (Å²) in [5, 5.41) is 12.0. The number of nitrogens with one attached hydrogen (secondary N) is 1. The van der Waals surface area contributed by atoms with Crippen LogP contribution in [0.15, 0.2) is 24.3 Å². The van der Waals surface area contributed by atoms with Crippen LogP contribution in [0.1, 0.15) is 5.56 Å². The monoisotopic (exact) mass is 220 g/mol. The highest BCUT2D eigenvalue weighted by atomic mass is 16.4. The molecule has 1 heterocycles. The van der Waals surface area contributed by atoms with Gasteiger partial charge in [0.2, 0.25) is 0 Å². The van der Waals surface area contributed by atoms with Crippen molar-refractivity contribution in [2.75, 3.05) is 31.1 Å². The molecule has 0 atom stereocenters. The number of benzene rings is 1. The number of carbonyl (C=O) groups is 1. The van der Waals surface area contributed by atoms with E-state index in [1.165, 1.54) is 0 Å². The number of carboxylic acids is 1. The zero-order valence-corrected chi connectivity index (χ0v) is 9.15. The van der Waals surface area contributed by atoms with E-state index in [-0.39, 0.29) is 6.42 Å². The lowest BCUT2D eigenvalue weighted by atomic mass is 10.1. The summed E-state index contributed by atoms with van der Waals surface area (Å²) in [7, 11) is 0. The number of hydrogen-bond acceptors (Lipinski definition) is 3. The Bertz CT molecular complexity index is 373. The Morgan fingerprint density at radius 3 is 2.81 bits per heavy atom. The van der Waals surface area contributed by atoms with Gasteiger partial charge in [0.05, 0.1) is 6.42 Å². The molecule has 0 aromatic heterocycles. The Morgan fingerprint density at radius 1 is 1.38 bits per heavy atom. The molecule has 0 radical (unpaired) electrons. The standard InChI is InChI=1S/C12H16N2O2/c15-12(16)9-10-2-1-3-11(8-10)14-6-4-13-5-7-14/h1-3,8,13H,4-7,9H2,(H,15,16). The molecule has 2 rings (SSSR count). The average Bonchev–Trinajstić information content (AvgIpc) is 2.30. The zero-order valence-electron chi connectivity index (χ0n) is 9.15. The number of carboxylic acid groups (broad SMARTS) is 1. The molecule has 1 aromatic carbocycles. The molecule has 1 aromatic rings. The van der Waals surface area contributed by atoms with Crippen LogP contribution in [0.4, 0.5) is 5.69 Å². The summed E-state index contributed by atoms with van der Waals surface area (Å²) in [5.74, 6) is -0.780. The van der Waals surface area contributed by atoms with Gasteiger partial charge in [0.15, 0.2) is 0 Å². The maximum absolute atomic E-state index is 10.6. The molecule has 1 aliphatic heterocycles. The number of anilines is 1. The van der Waals surface area contributed by atoms with Gasteiger partial charge in [-0.1, -0.05) is 12.1 Å². The van der Waals surface area contributed by atoms with Crippen LogP contribution in [0.25, 0.3) is 0 Å². The molecule has 1 aliphatic rings. The smallest absolute Gasteiger partial charge is 0.307 e. The van der Waals surface area contributed by atoms with E-state index in [0.29, 0.717) is 0 Å². The summed E-state index contributed by atoms with van der Waals surface area (Å²) in [5.41, 5.74) is 1.99. The summed E-state index contributed by atoms with van der Waals surface area (Å²) in [6.45, 7) is 3.94. The van der Waals surface area contributed by atoms with Crippen molar-refractivity contribution >= 4 is 11.7 Å². The number of rotatable bonds is 3. The van der Waals surface area contributed by atoms with Crippen LogP contribution in [0.3, 0.4) is 0 Å². The van der Waals surface area contributed by atoms with Crippen molar-refractivity contribution in [3.05, 3.63) is 29.8 Å². The third-order valence-corrected chi connectivity index (χ3v) is 2.75. The van der Waals surface area contributed by atoms with Crippen molar-refractivity contribution in [3.63, 3.8) is 0 Å². The van der Waals surface area contributed by atoms with Crippen molar-refractivity contribution < 1.29 is 9.90 Å². The van der Waals surface area contributed by atoms with E-state index < -0.39 is 5.97 Å². The largest absolute Gasteiger partial charge is 0.481 e. The van der Waals surface area contributed by atoms with Crippen LogP contribution in [0.5, 0.6) is 0 Å². The molecule has 16 heavy (non-hydrogen) atoms. The first kappa shape index (κ1) is 11.0. The molecular formula is C12H16N2O2. The first-order valence-corrected chi connectivity index (χ1v) is 5.52. The molecule has 86 valence electrons. The highest BCUT2D eigenvalue weighted by molar-refractivity contribution is 5.70. The van der Waals surface area contributed by atoms with Gasteiger partial charge in [-0.25, -0.2) is 0 Å². The summed E-state index contributed by atoms with van der Waals surface area (Å²) in [6.07, 6.45) is 0.0972. The molecule has 0 spiro atoms. The van der Waals surface area contributed by atoms with Gasteiger partial charge in [0.25, 0.3) is 0 Å². The van der Waals surface area contributed by atoms with Gasteiger partial charge in [-0.2, -0.15) is 0 Å². The van der Waals surface area contributed by atoms with Crippen LogP contribution < -0.4 is 10.2 Å². The molecule has 1 fully saturated rings. The highest BCUT2D eigenvalue weighted by Gasteiger charge is 2.10. The maximum atomic E-state index is 10.6. The Labute approximate surface area is 94.9 Å². The second-order valence-corrected chi connectivity index (χ2v) is 3.98. The zero-order chi connectivity index (χ0) is 11.4. The van der Waals surface area contributed by atoms with E-state index in [1.807, 2.05) is 24.3 Å². The molecular weight excluding hydrogens is 204 g/mol. The summed E-state index contributed by atoms with van der Waals surface area (Å²) < 4.78 is 0. The lowest BCUT2D eigenvalue weighted by molar-refractivity contribution is -0.136. The van der Waals surface area contributed by atoms with E-state index in [9.17, 15) is 4.79 Å². The van der Waals surface area contributed by atoms with Crippen molar-refractivity contribution in [3.8, 4) is 0 Å². The van der Waals surface area contributed by atoms with Crippen LogP contribution in [-0.2, 0) is 11.2 Å². The molecule has 4 nitrogen and oxygen atoms in total. The minimum atomic E-state index is -0.780. The molecule has 0 saturated carbocycles. The normalized spacial score (nSPS) is 16.1. The quantitative estimate of drug-likeness (QED) is 0.788. The molecule has 2 N–H and O–H groups in total. The highest BCUT2D eigenvalue weighted by Crippen LogP contribution is 2.17. The SMILES string of the molecule is O=C(O)Cc1cccc(N2CCNCC2)c1. The number of hydrogen-bond donors (Lipinski definition) is 2. The van der Waals surface area contributed by atoms with E-state index in [2.05, 4.69) is 10.2 Å². The van der Waals surface area contributed by atoms with Crippen LogP contribution in [0.2, 0.25) is 0 Å². The summed E-state index contributed by atoms with van der Waals surface area (Å²) >= 11 is 0. The van der Waals surface area contributed by atoms with E-state index >= 15 is 0 Å². The fourth-order valence-electron chi connectivity index (χ4n) is 1.96. The Balaban J connectivity index is 2.11. The third kappa shape index (κ3) is 2.73. The Kier molecular flexibility index (Phi) is 3.41. The van der Waals surface area contributed by atoms with Crippen LogP contribution in [0, 0.1) is 0 Å². The van der Waals surface area contributed by atoms with Gasteiger partial charge in [-0.3, -0.25) is 4.79 Å². The minimum Gasteiger partial charge on any atom is -0.481 e. The van der Waals surface area contributed by atoms with Crippen molar-refractivity contribution in [2.45, 2.75) is 6.42 Å². The lowest BCUT2D eigenvalue weighted by Crippen LogP contribution is -2.43. The van der Waals surface area contributed by atoms with E-state index in [0.717, 1.165) is 37.4 Å². The Hall–Kier alpha value is -1.55. The fourth-order valence-corrected chi connectivity index (χ4v) is 1.96. The number of piperazine rings is 1. The van der Waals surface area contributed by atoms with E-state index in [1.54, 1.807) is 0 Å². The summed E-state index contributed by atoms with van der Waals surface area (Å²) in [6, 6.07) is 7.80. The first-order chi connectivity index (χ1) is 7.75. The van der Waals surface area contributed by atoms with Crippen LogP contribution in [-0.4, -0.2) is 37.3 Å².